The summed E-state index contributed by atoms with van der Waals surface area (Å²) in [6.45, 7) is 4.87. The van der Waals surface area contributed by atoms with Crippen molar-refractivity contribution in [3.63, 3.8) is 0 Å². The second kappa shape index (κ2) is 9.33. The van der Waals surface area contributed by atoms with E-state index in [0.29, 0.717) is 32.6 Å². The van der Waals surface area contributed by atoms with Gasteiger partial charge in [-0.1, -0.05) is 35.9 Å². The Balaban J connectivity index is 1.26. The molecule has 1 atom stereocenters. The van der Waals surface area contributed by atoms with Crippen molar-refractivity contribution in [2.45, 2.75) is 19.4 Å². The smallest absolute Gasteiger partial charge is 0.264 e. The summed E-state index contributed by atoms with van der Waals surface area (Å²) in [6.07, 6.45) is 2.25. The number of hydrogen-bond donors (Lipinski definition) is 0. The van der Waals surface area contributed by atoms with Gasteiger partial charge in [0.25, 0.3) is 11.8 Å². The van der Waals surface area contributed by atoms with Crippen LogP contribution in [0.15, 0.2) is 69.7 Å². The second-order valence-corrected chi connectivity index (χ2v) is 9.38. The van der Waals surface area contributed by atoms with Crippen LogP contribution in [0.2, 0.25) is 0 Å². The largest absolute Gasteiger partial charge is 0.467 e. The first-order valence-corrected chi connectivity index (χ1v) is 12.0. The van der Waals surface area contributed by atoms with Gasteiger partial charge >= 0.3 is 0 Å². The number of thiophene rings is 1. The number of carbonyl (C=O) groups excluding carboxylic acids is 2. The van der Waals surface area contributed by atoms with Crippen LogP contribution < -0.4 is 0 Å². The second-order valence-electron chi connectivity index (χ2n) is 8.43. The van der Waals surface area contributed by atoms with Gasteiger partial charge < -0.3 is 9.32 Å². The number of hydrazone groups is 1. The van der Waals surface area contributed by atoms with Gasteiger partial charge in [0.2, 0.25) is 0 Å². The van der Waals surface area contributed by atoms with E-state index in [0.717, 1.165) is 21.9 Å². The predicted octanol–water partition coefficient (Wildman–Crippen LogP) is 3.79. The van der Waals surface area contributed by atoms with Crippen LogP contribution >= 0.6 is 11.3 Å². The van der Waals surface area contributed by atoms with Crippen LogP contribution in [0.5, 0.6) is 0 Å². The zero-order valence-corrected chi connectivity index (χ0v) is 19.3. The highest BCUT2D eigenvalue weighted by molar-refractivity contribution is 7.12. The van der Waals surface area contributed by atoms with Crippen LogP contribution in [0.25, 0.3) is 0 Å². The van der Waals surface area contributed by atoms with Crippen LogP contribution in [0.3, 0.4) is 0 Å². The molecule has 7 nitrogen and oxygen atoms in total. The minimum atomic E-state index is -0.245. The monoisotopic (exact) mass is 462 g/mol. The first-order chi connectivity index (χ1) is 16.1. The van der Waals surface area contributed by atoms with Crippen LogP contribution in [-0.2, 0) is 4.79 Å². The van der Waals surface area contributed by atoms with Gasteiger partial charge in [-0.25, -0.2) is 5.01 Å². The molecule has 1 fully saturated rings. The maximum Gasteiger partial charge on any atom is 0.264 e. The molecule has 1 saturated heterocycles. The van der Waals surface area contributed by atoms with Crippen LogP contribution in [0.1, 0.15) is 39.0 Å². The molecule has 0 spiro atoms. The molecule has 5 rings (SSSR count). The molecule has 0 aliphatic carbocycles. The summed E-state index contributed by atoms with van der Waals surface area (Å²) in [6, 6.07) is 15.4. The molecule has 0 bridgehead atoms. The van der Waals surface area contributed by atoms with Crippen molar-refractivity contribution in [2.24, 2.45) is 5.10 Å². The van der Waals surface area contributed by atoms with Crippen molar-refractivity contribution >= 4 is 28.9 Å². The van der Waals surface area contributed by atoms with Crippen LogP contribution in [-0.4, -0.2) is 65.1 Å². The third-order valence-electron chi connectivity index (χ3n) is 6.17. The highest BCUT2D eigenvalue weighted by Gasteiger charge is 2.36. The zero-order chi connectivity index (χ0) is 22.8. The number of aryl methyl sites for hydroxylation is 1. The molecule has 0 unspecified atom stereocenters. The van der Waals surface area contributed by atoms with Gasteiger partial charge in [0.15, 0.2) is 0 Å². The van der Waals surface area contributed by atoms with Crippen molar-refractivity contribution < 1.29 is 14.0 Å². The van der Waals surface area contributed by atoms with Crippen molar-refractivity contribution in [3.8, 4) is 0 Å². The molecule has 0 saturated carbocycles. The quantitative estimate of drug-likeness (QED) is 0.579. The summed E-state index contributed by atoms with van der Waals surface area (Å²) < 4.78 is 5.64. The first-order valence-electron chi connectivity index (χ1n) is 11.1. The Morgan fingerprint density at radius 2 is 1.85 bits per heavy atom. The highest BCUT2D eigenvalue weighted by Crippen LogP contribution is 2.33. The molecule has 0 radical (unpaired) electrons. The fraction of sp³-hybridized carbons (Fsp3) is 0.320. The predicted molar refractivity (Wildman–Crippen MR) is 127 cm³/mol. The van der Waals surface area contributed by atoms with E-state index in [1.807, 2.05) is 46.7 Å². The molecule has 1 aromatic carbocycles. The number of nitrogens with zero attached hydrogens (tertiary/aromatic N) is 4. The third kappa shape index (κ3) is 4.62. The lowest BCUT2D eigenvalue weighted by molar-refractivity contribution is -0.134. The summed E-state index contributed by atoms with van der Waals surface area (Å²) in [5.41, 5.74) is 3.09. The van der Waals surface area contributed by atoms with Gasteiger partial charge in [-0.2, -0.15) is 5.10 Å². The van der Waals surface area contributed by atoms with Crippen LogP contribution in [0.4, 0.5) is 0 Å². The molecule has 2 aliphatic heterocycles. The topological polar surface area (TPSA) is 69.4 Å². The minimum absolute atomic E-state index is 0.0588. The van der Waals surface area contributed by atoms with Crippen molar-refractivity contribution in [2.75, 3.05) is 32.7 Å². The lowest BCUT2D eigenvalue weighted by Crippen LogP contribution is -2.51. The molecule has 2 amide bonds. The van der Waals surface area contributed by atoms with Crippen molar-refractivity contribution in [1.29, 1.82) is 0 Å². The van der Waals surface area contributed by atoms with Gasteiger partial charge in [-0.3, -0.25) is 14.5 Å². The Morgan fingerprint density at radius 1 is 1.06 bits per heavy atom. The summed E-state index contributed by atoms with van der Waals surface area (Å²) in [5.74, 6) is 0.748. The van der Waals surface area contributed by atoms with Gasteiger partial charge in [-0.15, -0.1) is 11.3 Å². The molecule has 33 heavy (non-hydrogen) atoms. The fourth-order valence-corrected chi connectivity index (χ4v) is 4.98. The summed E-state index contributed by atoms with van der Waals surface area (Å²) in [5, 5.41) is 8.21. The minimum Gasteiger partial charge on any atom is -0.467 e. The molecule has 170 valence electrons. The molecule has 8 heteroatoms. The standard InChI is InChI=1S/C25H26N4O3S/c1-18-6-8-19(9-7-18)20-16-21(22-4-2-14-32-22)29(26-20)24(30)17-27-10-12-28(13-11-27)25(31)23-5-3-15-33-23/h2-9,14-15,21H,10-13,16-17H2,1H3/t21-/m0/s1. The molecule has 2 aliphatic rings. The Labute approximate surface area is 196 Å². The van der Waals surface area contributed by atoms with E-state index in [1.165, 1.54) is 16.9 Å². The van der Waals surface area contributed by atoms with Gasteiger partial charge in [0.05, 0.1) is 23.4 Å². The molecule has 2 aromatic heterocycles. The average molecular weight is 463 g/mol. The summed E-state index contributed by atoms with van der Waals surface area (Å²) >= 11 is 1.46. The summed E-state index contributed by atoms with van der Waals surface area (Å²) in [7, 11) is 0. The van der Waals surface area contributed by atoms with E-state index in [4.69, 9.17) is 9.52 Å². The maximum absolute atomic E-state index is 13.3. The van der Waals surface area contributed by atoms with E-state index in [-0.39, 0.29) is 24.4 Å². The number of amides is 2. The number of furan rings is 1. The van der Waals surface area contributed by atoms with E-state index in [9.17, 15) is 9.59 Å². The first kappa shape index (κ1) is 21.6. The van der Waals surface area contributed by atoms with E-state index >= 15 is 0 Å². The molecule has 0 N–H and O–H groups in total. The lowest BCUT2D eigenvalue weighted by Gasteiger charge is -2.34. The van der Waals surface area contributed by atoms with Crippen molar-refractivity contribution in [3.05, 3.63) is 81.9 Å². The lowest BCUT2D eigenvalue weighted by atomic mass is 10.0. The molecular weight excluding hydrogens is 436 g/mol. The average Bonchev–Trinajstić information content (AvgIpc) is 3.61. The molecule has 4 heterocycles. The zero-order valence-electron chi connectivity index (χ0n) is 18.5. The Morgan fingerprint density at radius 3 is 2.52 bits per heavy atom. The van der Waals surface area contributed by atoms with E-state index in [1.54, 1.807) is 11.3 Å². The van der Waals surface area contributed by atoms with E-state index in [2.05, 4.69) is 24.0 Å². The van der Waals surface area contributed by atoms with Gasteiger partial charge in [-0.05, 0) is 36.1 Å². The number of piperazine rings is 1. The molecule has 3 aromatic rings. The Kier molecular flexibility index (Phi) is 6.11. The fourth-order valence-electron chi connectivity index (χ4n) is 4.29. The number of hydrogen-bond acceptors (Lipinski definition) is 6. The maximum atomic E-state index is 13.3. The van der Waals surface area contributed by atoms with E-state index < -0.39 is 0 Å². The number of benzene rings is 1. The normalized spacial score (nSPS) is 19.1. The Bertz CT molecular complexity index is 1130. The Hall–Kier alpha value is -3.23. The SMILES string of the molecule is Cc1ccc(C2=NN(C(=O)CN3CCN(C(=O)c4cccs4)CC3)[C@H](c3ccco3)C2)cc1. The number of rotatable bonds is 5. The number of carbonyl (C=O) groups is 2. The van der Waals surface area contributed by atoms with Gasteiger partial charge in [0, 0.05) is 32.6 Å². The highest BCUT2D eigenvalue weighted by atomic mass is 32.1. The summed E-state index contributed by atoms with van der Waals surface area (Å²) in [4.78, 5) is 30.6. The van der Waals surface area contributed by atoms with Gasteiger partial charge in [0.1, 0.15) is 11.8 Å². The third-order valence-corrected chi connectivity index (χ3v) is 7.03. The molecular formula is C25H26N4O3S. The van der Waals surface area contributed by atoms with Crippen molar-refractivity contribution in [1.82, 2.24) is 14.8 Å². The van der Waals surface area contributed by atoms with Crippen LogP contribution in [0, 0.1) is 6.92 Å².